The highest BCUT2D eigenvalue weighted by Gasteiger charge is 2.23. The minimum atomic E-state index is -3.17. The number of guanidine groups is 1. The zero-order valence-electron chi connectivity index (χ0n) is 12.6. The second kappa shape index (κ2) is 8.76. The highest BCUT2D eigenvalue weighted by Crippen LogP contribution is 2.13. The van der Waals surface area contributed by atoms with Gasteiger partial charge < -0.3 is 10.6 Å². The lowest BCUT2D eigenvalue weighted by atomic mass is 10.3. The van der Waals surface area contributed by atoms with Crippen LogP contribution in [0.25, 0.3) is 0 Å². The molecule has 0 aromatic carbocycles. The van der Waals surface area contributed by atoms with Crippen LogP contribution in [0.15, 0.2) is 21.8 Å². The van der Waals surface area contributed by atoms with Crippen molar-refractivity contribution in [3.63, 3.8) is 0 Å². The van der Waals surface area contributed by atoms with Gasteiger partial charge in [-0.2, -0.15) is 23.1 Å². The summed E-state index contributed by atoms with van der Waals surface area (Å²) in [7, 11) is -1.49. The third-order valence-corrected chi connectivity index (χ3v) is 6.83. The summed E-state index contributed by atoms with van der Waals surface area (Å²) in [4.78, 5) is 4.11. The Hall–Kier alpha value is -0.770. The molecule has 0 atom stereocenters. The molecule has 2 N–H and O–H groups in total. The summed E-state index contributed by atoms with van der Waals surface area (Å²) < 4.78 is 26.0. The van der Waals surface area contributed by atoms with Crippen molar-refractivity contribution < 1.29 is 8.42 Å². The normalized spacial score (nSPS) is 17.4. The minimum absolute atomic E-state index is 0.0941. The lowest BCUT2D eigenvalue weighted by molar-refractivity contribution is 0.443. The lowest BCUT2D eigenvalue weighted by Gasteiger charge is -2.25. The molecule has 2 rings (SSSR count). The van der Waals surface area contributed by atoms with Gasteiger partial charge in [-0.3, -0.25) is 4.99 Å². The lowest BCUT2D eigenvalue weighted by Crippen LogP contribution is -2.44. The van der Waals surface area contributed by atoms with E-state index in [4.69, 9.17) is 0 Å². The Balaban J connectivity index is 1.73. The molecule has 0 aliphatic carbocycles. The van der Waals surface area contributed by atoms with Gasteiger partial charge in [-0.25, -0.2) is 12.7 Å². The maximum Gasteiger partial charge on any atom is 0.215 e. The van der Waals surface area contributed by atoms with Gasteiger partial charge in [0.25, 0.3) is 0 Å². The molecule has 0 unspecified atom stereocenters. The third kappa shape index (κ3) is 5.45. The van der Waals surface area contributed by atoms with Crippen LogP contribution in [0.4, 0.5) is 0 Å². The van der Waals surface area contributed by atoms with Gasteiger partial charge in [-0.15, -0.1) is 0 Å². The van der Waals surface area contributed by atoms with Crippen LogP contribution in [-0.4, -0.2) is 62.6 Å². The summed E-state index contributed by atoms with van der Waals surface area (Å²) in [5.41, 5.74) is 1.19. The summed E-state index contributed by atoms with van der Waals surface area (Å²) in [6.45, 7) is 2.28. The molecule has 1 saturated heterocycles. The molecule has 1 aromatic rings. The molecule has 6 nitrogen and oxygen atoms in total. The quantitative estimate of drug-likeness (QED) is 0.578. The van der Waals surface area contributed by atoms with Crippen molar-refractivity contribution in [2.75, 3.05) is 43.9 Å². The first kappa shape index (κ1) is 17.6. The number of hydrogen-bond acceptors (Lipinski definition) is 5. The molecule has 1 aromatic heterocycles. The number of nitrogens with one attached hydrogen (secondary N) is 2. The number of rotatable bonds is 6. The Labute approximate surface area is 140 Å². The maximum atomic E-state index is 12.2. The van der Waals surface area contributed by atoms with Crippen molar-refractivity contribution in [3.05, 3.63) is 22.4 Å². The number of hydrogen-bond donors (Lipinski definition) is 2. The van der Waals surface area contributed by atoms with Crippen molar-refractivity contribution in [3.8, 4) is 0 Å². The van der Waals surface area contributed by atoms with Crippen LogP contribution in [0.2, 0.25) is 0 Å². The fourth-order valence-corrected chi connectivity index (χ4v) is 5.21. The van der Waals surface area contributed by atoms with Crippen molar-refractivity contribution in [2.45, 2.75) is 6.54 Å². The number of nitrogens with zero attached hydrogens (tertiary/aromatic N) is 2. The standard InChI is InChI=1S/C13H22N4O2S3/c1-14-13(16-10-12-2-6-21-11-12)15-3-9-22(18,19)17-4-7-20-8-5-17/h2,6,11H,3-5,7-10H2,1H3,(H2,14,15,16). The largest absolute Gasteiger partial charge is 0.355 e. The SMILES string of the molecule is CN=C(NCCS(=O)(=O)N1CCSCC1)NCc1ccsc1. The average molecular weight is 363 g/mol. The van der Waals surface area contributed by atoms with Crippen molar-refractivity contribution >= 4 is 39.1 Å². The number of thiophene rings is 1. The molecular weight excluding hydrogens is 340 g/mol. The molecule has 9 heteroatoms. The predicted octanol–water partition coefficient (Wildman–Crippen LogP) is 0.792. The molecule has 0 spiro atoms. The average Bonchev–Trinajstić information content (AvgIpc) is 3.05. The Morgan fingerprint density at radius 2 is 2.14 bits per heavy atom. The summed E-state index contributed by atoms with van der Waals surface area (Å²) >= 11 is 3.45. The molecule has 1 aliphatic rings. The molecular formula is C13H22N4O2S3. The van der Waals surface area contributed by atoms with Gasteiger partial charge in [0.2, 0.25) is 10.0 Å². The zero-order valence-corrected chi connectivity index (χ0v) is 15.1. The molecule has 0 amide bonds. The Kier molecular flexibility index (Phi) is 7.00. The molecule has 0 bridgehead atoms. The van der Waals surface area contributed by atoms with E-state index in [0.717, 1.165) is 11.5 Å². The molecule has 1 aliphatic heterocycles. The van der Waals surface area contributed by atoms with E-state index in [0.29, 0.717) is 32.1 Å². The van der Waals surface area contributed by atoms with Gasteiger partial charge in [0.15, 0.2) is 5.96 Å². The van der Waals surface area contributed by atoms with Crippen LogP contribution >= 0.6 is 23.1 Å². The van der Waals surface area contributed by atoms with Crippen molar-refractivity contribution in [2.24, 2.45) is 4.99 Å². The monoisotopic (exact) mass is 362 g/mol. The molecule has 1 fully saturated rings. The first-order chi connectivity index (χ1) is 10.6. The predicted molar refractivity (Wildman–Crippen MR) is 95.2 cm³/mol. The maximum absolute atomic E-state index is 12.2. The Morgan fingerprint density at radius 3 is 2.77 bits per heavy atom. The first-order valence-electron chi connectivity index (χ1n) is 7.13. The summed E-state index contributed by atoms with van der Waals surface area (Å²) in [5.74, 6) is 2.49. The number of thioether (sulfide) groups is 1. The molecule has 0 saturated carbocycles. The van der Waals surface area contributed by atoms with Gasteiger partial charge in [-0.05, 0) is 22.4 Å². The highest BCUT2D eigenvalue weighted by molar-refractivity contribution is 7.99. The van der Waals surface area contributed by atoms with Gasteiger partial charge in [0, 0.05) is 44.7 Å². The van der Waals surface area contributed by atoms with E-state index in [-0.39, 0.29) is 5.75 Å². The zero-order chi connectivity index (χ0) is 15.8. The molecule has 22 heavy (non-hydrogen) atoms. The summed E-state index contributed by atoms with van der Waals surface area (Å²) in [6.07, 6.45) is 0. The fraction of sp³-hybridized carbons (Fsp3) is 0.615. The summed E-state index contributed by atoms with van der Waals surface area (Å²) in [6, 6.07) is 2.05. The molecule has 2 heterocycles. The van der Waals surface area contributed by atoms with E-state index in [2.05, 4.69) is 21.0 Å². The van der Waals surface area contributed by atoms with Gasteiger partial charge in [0.1, 0.15) is 0 Å². The Bertz CT molecular complexity index is 566. The van der Waals surface area contributed by atoms with Crippen molar-refractivity contribution in [1.82, 2.24) is 14.9 Å². The van der Waals surface area contributed by atoms with E-state index in [9.17, 15) is 8.42 Å². The smallest absolute Gasteiger partial charge is 0.215 e. The summed E-state index contributed by atoms with van der Waals surface area (Å²) in [5, 5.41) is 10.3. The van der Waals surface area contributed by atoms with E-state index in [1.807, 2.05) is 11.4 Å². The second-order valence-corrected chi connectivity index (χ2v) is 8.90. The van der Waals surface area contributed by atoms with E-state index >= 15 is 0 Å². The van der Waals surface area contributed by atoms with E-state index < -0.39 is 10.0 Å². The fourth-order valence-electron chi connectivity index (χ4n) is 2.05. The van der Waals surface area contributed by atoms with Crippen LogP contribution in [0.1, 0.15) is 5.56 Å². The van der Waals surface area contributed by atoms with E-state index in [1.54, 1.807) is 34.5 Å². The van der Waals surface area contributed by atoms with Gasteiger partial charge >= 0.3 is 0 Å². The first-order valence-corrected chi connectivity index (χ1v) is 10.8. The van der Waals surface area contributed by atoms with Gasteiger partial charge in [-0.1, -0.05) is 0 Å². The topological polar surface area (TPSA) is 73.8 Å². The van der Waals surface area contributed by atoms with Gasteiger partial charge in [0.05, 0.1) is 5.75 Å². The van der Waals surface area contributed by atoms with Crippen LogP contribution in [0, 0.1) is 0 Å². The van der Waals surface area contributed by atoms with Crippen LogP contribution in [0.3, 0.4) is 0 Å². The third-order valence-electron chi connectivity index (χ3n) is 3.28. The number of aliphatic imine (C=N–C) groups is 1. The second-order valence-electron chi connectivity index (χ2n) is 4.81. The van der Waals surface area contributed by atoms with Crippen molar-refractivity contribution in [1.29, 1.82) is 0 Å². The van der Waals surface area contributed by atoms with E-state index in [1.165, 1.54) is 5.56 Å². The van der Waals surface area contributed by atoms with Crippen LogP contribution < -0.4 is 10.6 Å². The molecule has 124 valence electrons. The molecule has 0 radical (unpaired) electrons. The minimum Gasteiger partial charge on any atom is -0.355 e. The number of sulfonamides is 1. The van der Waals surface area contributed by atoms with Crippen LogP contribution in [-0.2, 0) is 16.6 Å². The van der Waals surface area contributed by atoms with Crippen LogP contribution in [0.5, 0.6) is 0 Å². The highest BCUT2D eigenvalue weighted by atomic mass is 32.2. The Morgan fingerprint density at radius 1 is 1.36 bits per heavy atom.